The molecular formula is C37H53N3O6. The first-order valence-corrected chi connectivity index (χ1v) is 17.3. The third-order valence-corrected chi connectivity index (χ3v) is 11.2. The van der Waals surface area contributed by atoms with E-state index in [1.807, 2.05) is 56.9 Å². The Kier molecular flexibility index (Phi) is 10.3. The van der Waals surface area contributed by atoms with Crippen LogP contribution in [0.15, 0.2) is 49.6 Å². The van der Waals surface area contributed by atoms with Crippen molar-refractivity contribution < 1.29 is 29.0 Å². The van der Waals surface area contributed by atoms with Gasteiger partial charge in [-0.05, 0) is 69.7 Å². The molecule has 1 aliphatic carbocycles. The van der Waals surface area contributed by atoms with E-state index >= 15 is 0 Å². The maximum absolute atomic E-state index is 15.0. The molecule has 3 saturated heterocycles. The Balaban J connectivity index is 1.59. The van der Waals surface area contributed by atoms with E-state index < -0.39 is 35.1 Å². The van der Waals surface area contributed by atoms with Crippen molar-refractivity contribution in [2.75, 3.05) is 31.2 Å². The van der Waals surface area contributed by atoms with Gasteiger partial charge in [0.2, 0.25) is 17.7 Å². The molecule has 1 saturated carbocycles. The van der Waals surface area contributed by atoms with Gasteiger partial charge in [0, 0.05) is 24.8 Å². The number of hydrogen-bond acceptors (Lipinski definition) is 6. The summed E-state index contributed by atoms with van der Waals surface area (Å²) in [6, 6.07) is 5.89. The molecule has 9 heteroatoms. The molecule has 5 rings (SSSR count). The summed E-state index contributed by atoms with van der Waals surface area (Å²) >= 11 is 0. The zero-order valence-corrected chi connectivity index (χ0v) is 28.2. The Bertz CT molecular complexity index is 1290. The summed E-state index contributed by atoms with van der Waals surface area (Å²) in [5.74, 6) is -1.67. The number of anilines is 1. The monoisotopic (exact) mass is 635 g/mol. The van der Waals surface area contributed by atoms with Crippen molar-refractivity contribution >= 4 is 23.4 Å². The molecule has 46 heavy (non-hydrogen) atoms. The van der Waals surface area contributed by atoms with Gasteiger partial charge in [0.25, 0.3) is 0 Å². The van der Waals surface area contributed by atoms with Crippen molar-refractivity contribution in [3.05, 3.63) is 49.6 Å². The van der Waals surface area contributed by atoms with Gasteiger partial charge in [0.15, 0.2) is 0 Å². The molecule has 0 aromatic heterocycles. The lowest BCUT2D eigenvalue weighted by molar-refractivity contribution is -0.157. The molecule has 4 fully saturated rings. The molecule has 1 spiro atoms. The Morgan fingerprint density at radius 2 is 1.76 bits per heavy atom. The number of fused-ring (bicyclic) bond motifs is 1. The van der Waals surface area contributed by atoms with Crippen LogP contribution >= 0.6 is 0 Å². The smallest absolute Gasteiger partial charge is 0.248 e. The highest BCUT2D eigenvalue weighted by molar-refractivity contribution is 6.03. The molecule has 2 unspecified atom stereocenters. The Labute approximate surface area is 274 Å². The zero-order chi connectivity index (χ0) is 33.2. The number of amides is 3. The zero-order valence-electron chi connectivity index (χ0n) is 28.2. The van der Waals surface area contributed by atoms with Crippen molar-refractivity contribution in [2.24, 2.45) is 17.8 Å². The van der Waals surface area contributed by atoms with Crippen LogP contribution in [0.3, 0.4) is 0 Å². The van der Waals surface area contributed by atoms with Crippen LogP contribution in [0.25, 0.3) is 0 Å². The van der Waals surface area contributed by atoms with Crippen LogP contribution in [0.5, 0.6) is 5.75 Å². The van der Waals surface area contributed by atoms with Crippen LogP contribution in [0.4, 0.5) is 5.69 Å². The van der Waals surface area contributed by atoms with Crippen molar-refractivity contribution in [3.8, 4) is 5.75 Å². The summed E-state index contributed by atoms with van der Waals surface area (Å²) in [5, 5.41) is 10.7. The Morgan fingerprint density at radius 1 is 1.09 bits per heavy atom. The molecule has 1 aromatic rings. The quantitative estimate of drug-likeness (QED) is 0.285. The van der Waals surface area contributed by atoms with Gasteiger partial charge in [-0.3, -0.25) is 14.4 Å². The second kappa shape index (κ2) is 13.9. The topological polar surface area (TPSA) is 99.6 Å². The number of carbonyl (C=O) groups is 3. The Morgan fingerprint density at radius 3 is 2.35 bits per heavy atom. The summed E-state index contributed by atoms with van der Waals surface area (Å²) in [5.41, 5.74) is -1.42. The molecule has 1 aromatic carbocycles. The molecule has 3 aliphatic heterocycles. The van der Waals surface area contributed by atoms with E-state index in [2.05, 4.69) is 13.2 Å². The number of rotatable bonds is 14. The predicted molar refractivity (Wildman–Crippen MR) is 178 cm³/mol. The molecule has 9 nitrogen and oxygen atoms in total. The summed E-state index contributed by atoms with van der Waals surface area (Å²) in [7, 11) is 0. The fourth-order valence-electron chi connectivity index (χ4n) is 8.81. The second-order valence-electron chi connectivity index (χ2n) is 13.8. The summed E-state index contributed by atoms with van der Waals surface area (Å²) in [6.45, 7) is 16.6. The van der Waals surface area contributed by atoms with Gasteiger partial charge in [-0.15, -0.1) is 13.2 Å². The van der Waals surface area contributed by atoms with Crippen molar-refractivity contribution in [1.29, 1.82) is 0 Å². The van der Waals surface area contributed by atoms with E-state index in [0.29, 0.717) is 37.4 Å². The molecular weight excluding hydrogens is 582 g/mol. The van der Waals surface area contributed by atoms with Crippen molar-refractivity contribution in [2.45, 2.75) is 108 Å². The lowest BCUT2D eigenvalue weighted by Crippen LogP contribution is -2.61. The molecule has 3 amide bonds. The van der Waals surface area contributed by atoms with Gasteiger partial charge in [-0.25, -0.2) is 0 Å². The Hall–Kier alpha value is -3.17. The largest absolute Gasteiger partial charge is 0.494 e. The number of nitrogens with zero attached hydrogens (tertiary/aromatic N) is 3. The summed E-state index contributed by atoms with van der Waals surface area (Å²) in [4.78, 5) is 49.8. The van der Waals surface area contributed by atoms with E-state index in [4.69, 9.17) is 9.47 Å². The van der Waals surface area contributed by atoms with Gasteiger partial charge < -0.3 is 29.3 Å². The first-order valence-electron chi connectivity index (χ1n) is 17.3. The number of likely N-dealkylation sites (tertiary alicyclic amines) is 1. The van der Waals surface area contributed by atoms with Crippen LogP contribution in [-0.2, 0) is 19.1 Å². The molecule has 0 radical (unpaired) electrons. The van der Waals surface area contributed by atoms with E-state index in [1.165, 1.54) is 0 Å². The average molecular weight is 636 g/mol. The van der Waals surface area contributed by atoms with Crippen LogP contribution in [0, 0.1) is 17.8 Å². The number of carbonyl (C=O) groups excluding carboxylic acids is 3. The number of ether oxygens (including phenoxy) is 2. The standard InChI is InChI=1S/C37H53N3O6/c1-7-22-38(27-16-18-28(19-17-27)45-10-4)33(42)30-31-34(43)40(29(24-41)25(5)9-3)32(37(31)21-20-36(30,6)46-37)35(44)39(23-8-2)26-14-12-11-13-15-26/h7-8,16-19,25-26,29-32,41H,1-2,9-15,20-24H2,3-6H3/t25-,29-,30-,31-,32?,36+,37?/m0/s1. The van der Waals surface area contributed by atoms with E-state index in [-0.39, 0.29) is 42.8 Å². The van der Waals surface area contributed by atoms with E-state index in [1.54, 1.807) is 22.0 Å². The van der Waals surface area contributed by atoms with Gasteiger partial charge in [0.05, 0.1) is 36.7 Å². The molecule has 1 N–H and O–H groups in total. The molecule has 7 atom stereocenters. The van der Waals surface area contributed by atoms with Crippen LogP contribution in [-0.4, -0.2) is 88.3 Å². The summed E-state index contributed by atoms with van der Waals surface area (Å²) in [6.07, 6.45) is 10.3. The molecule has 4 aliphatic rings. The fraction of sp³-hybridized carbons (Fsp3) is 0.649. The lowest BCUT2D eigenvalue weighted by Gasteiger charge is -2.43. The highest BCUT2D eigenvalue weighted by atomic mass is 16.5. The second-order valence-corrected chi connectivity index (χ2v) is 13.8. The number of aliphatic hydroxyl groups is 1. The van der Waals surface area contributed by atoms with Gasteiger partial charge in [0.1, 0.15) is 17.4 Å². The SMILES string of the molecule is C=CCN(C(=O)[C@@H]1[C@H]2C(=O)N([C@@H](CO)[C@@H](C)CC)C(C(=O)N(CC=C)C3CCCCC3)C23CC[C@@]1(C)O3)c1ccc(OCC)cc1. The highest BCUT2D eigenvalue weighted by Gasteiger charge is 2.79. The third kappa shape index (κ3) is 5.68. The normalized spacial score (nSPS) is 30.1. The van der Waals surface area contributed by atoms with Crippen molar-refractivity contribution in [3.63, 3.8) is 0 Å². The molecule has 3 heterocycles. The maximum Gasteiger partial charge on any atom is 0.248 e. The van der Waals surface area contributed by atoms with E-state index in [9.17, 15) is 19.5 Å². The van der Waals surface area contributed by atoms with Gasteiger partial charge in [-0.1, -0.05) is 51.7 Å². The first kappa shape index (κ1) is 34.2. The molecule has 252 valence electrons. The van der Waals surface area contributed by atoms with Gasteiger partial charge >= 0.3 is 0 Å². The maximum atomic E-state index is 15.0. The van der Waals surface area contributed by atoms with Crippen LogP contribution in [0.1, 0.15) is 79.1 Å². The van der Waals surface area contributed by atoms with Crippen molar-refractivity contribution in [1.82, 2.24) is 9.80 Å². The minimum Gasteiger partial charge on any atom is -0.494 e. The molecule has 2 bridgehead atoms. The first-order chi connectivity index (χ1) is 22.1. The highest BCUT2D eigenvalue weighted by Crippen LogP contribution is 2.64. The number of hydrogen-bond donors (Lipinski definition) is 1. The average Bonchev–Trinajstić information content (AvgIpc) is 3.64. The third-order valence-electron chi connectivity index (χ3n) is 11.2. The number of benzene rings is 1. The van der Waals surface area contributed by atoms with Crippen LogP contribution in [0.2, 0.25) is 0 Å². The fourth-order valence-corrected chi connectivity index (χ4v) is 8.81. The summed E-state index contributed by atoms with van der Waals surface area (Å²) < 4.78 is 12.6. The minimum absolute atomic E-state index is 0.0530. The van der Waals surface area contributed by atoms with E-state index in [0.717, 1.165) is 38.5 Å². The lowest BCUT2D eigenvalue weighted by atomic mass is 9.66. The predicted octanol–water partition coefficient (Wildman–Crippen LogP) is 5.12. The number of aliphatic hydroxyl groups excluding tert-OH is 1. The van der Waals surface area contributed by atoms with Gasteiger partial charge in [-0.2, -0.15) is 0 Å². The minimum atomic E-state index is -1.17. The van der Waals surface area contributed by atoms with Crippen LogP contribution < -0.4 is 9.64 Å².